The summed E-state index contributed by atoms with van der Waals surface area (Å²) in [5, 5.41) is 11.7. The van der Waals surface area contributed by atoms with Crippen LogP contribution in [-0.2, 0) is 0 Å². The Morgan fingerprint density at radius 3 is 3.06 bits per heavy atom. The van der Waals surface area contributed by atoms with E-state index in [1.807, 2.05) is 12.1 Å². The summed E-state index contributed by atoms with van der Waals surface area (Å²) in [6.07, 6.45) is 4.14. The maximum atomic E-state index is 8.69. The molecule has 5 heteroatoms. The van der Waals surface area contributed by atoms with Crippen molar-refractivity contribution in [2.24, 2.45) is 16.8 Å². The van der Waals surface area contributed by atoms with Gasteiger partial charge in [0.2, 0.25) is 0 Å². The molecule has 3 N–H and O–H groups in total. The molecule has 0 bridgehead atoms. The molecule has 1 atom stereocenters. The van der Waals surface area contributed by atoms with Crippen LogP contribution in [0.25, 0.3) is 0 Å². The molecule has 1 fully saturated rings. The molecule has 1 aliphatic rings. The fourth-order valence-electron chi connectivity index (χ4n) is 2.60. The third-order valence-corrected chi connectivity index (χ3v) is 3.51. The van der Waals surface area contributed by atoms with Gasteiger partial charge in [0.25, 0.3) is 0 Å². The zero-order valence-electron chi connectivity index (χ0n) is 10.9. The highest BCUT2D eigenvalue weighted by atomic mass is 16.4. The molecule has 1 unspecified atom stereocenters. The molecule has 0 radical (unpaired) electrons. The first-order chi connectivity index (χ1) is 8.63. The van der Waals surface area contributed by atoms with Crippen molar-refractivity contribution in [2.75, 3.05) is 11.4 Å². The third-order valence-electron chi connectivity index (χ3n) is 3.51. The van der Waals surface area contributed by atoms with Crippen LogP contribution in [0.3, 0.4) is 0 Å². The molecular formula is C13H20N4O. The molecule has 0 amide bonds. The van der Waals surface area contributed by atoms with Crippen molar-refractivity contribution in [1.29, 1.82) is 0 Å². The number of nitrogens with zero attached hydrogens (tertiary/aromatic N) is 3. The number of aromatic nitrogens is 1. The summed E-state index contributed by atoms with van der Waals surface area (Å²) in [6.45, 7) is 5.55. The van der Waals surface area contributed by atoms with Crippen LogP contribution in [0.15, 0.2) is 23.5 Å². The Balaban J connectivity index is 2.28. The van der Waals surface area contributed by atoms with Crippen molar-refractivity contribution in [2.45, 2.75) is 32.7 Å². The number of hydrogen-bond donors (Lipinski definition) is 2. The highest BCUT2D eigenvalue weighted by Gasteiger charge is 2.27. The van der Waals surface area contributed by atoms with Gasteiger partial charge in [-0.15, -0.1) is 0 Å². The summed E-state index contributed by atoms with van der Waals surface area (Å²) in [5.74, 6) is 0.671. The van der Waals surface area contributed by atoms with Gasteiger partial charge in [0.15, 0.2) is 5.84 Å². The monoisotopic (exact) mass is 248 g/mol. The van der Waals surface area contributed by atoms with E-state index in [1.54, 1.807) is 6.20 Å². The molecule has 0 spiro atoms. The van der Waals surface area contributed by atoms with E-state index in [9.17, 15) is 0 Å². The first kappa shape index (κ1) is 12.7. The van der Waals surface area contributed by atoms with Gasteiger partial charge in [-0.1, -0.05) is 19.0 Å². The van der Waals surface area contributed by atoms with Crippen LogP contribution in [0.2, 0.25) is 0 Å². The summed E-state index contributed by atoms with van der Waals surface area (Å²) in [5.41, 5.74) is 7.19. The summed E-state index contributed by atoms with van der Waals surface area (Å²) in [4.78, 5) is 6.50. The van der Waals surface area contributed by atoms with E-state index in [1.165, 1.54) is 12.8 Å². The zero-order chi connectivity index (χ0) is 13.1. The summed E-state index contributed by atoms with van der Waals surface area (Å²) in [6, 6.07) is 4.43. The molecule has 5 nitrogen and oxygen atoms in total. The Kier molecular flexibility index (Phi) is 3.69. The Morgan fingerprint density at radius 2 is 2.39 bits per heavy atom. The van der Waals surface area contributed by atoms with Gasteiger partial charge in [0.1, 0.15) is 5.69 Å². The van der Waals surface area contributed by atoms with Gasteiger partial charge < -0.3 is 15.8 Å². The molecule has 1 aromatic rings. The maximum Gasteiger partial charge on any atom is 0.188 e. The van der Waals surface area contributed by atoms with Crippen molar-refractivity contribution in [3.8, 4) is 0 Å². The average molecular weight is 248 g/mol. The van der Waals surface area contributed by atoms with Crippen LogP contribution >= 0.6 is 0 Å². The van der Waals surface area contributed by atoms with E-state index in [0.29, 0.717) is 17.7 Å². The van der Waals surface area contributed by atoms with Crippen LogP contribution in [0.4, 0.5) is 5.69 Å². The number of rotatable bonds is 3. The average Bonchev–Trinajstić information content (AvgIpc) is 2.87. The molecule has 1 aliphatic heterocycles. The van der Waals surface area contributed by atoms with Crippen molar-refractivity contribution >= 4 is 11.5 Å². The number of anilines is 1. The minimum absolute atomic E-state index is 0.0529. The highest BCUT2D eigenvalue weighted by molar-refractivity contribution is 5.95. The smallest absolute Gasteiger partial charge is 0.188 e. The molecule has 0 aliphatic carbocycles. The fourth-order valence-corrected chi connectivity index (χ4v) is 2.60. The van der Waals surface area contributed by atoms with E-state index < -0.39 is 0 Å². The largest absolute Gasteiger partial charge is 0.409 e. The zero-order valence-corrected chi connectivity index (χ0v) is 10.9. The maximum absolute atomic E-state index is 8.69. The van der Waals surface area contributed by atoms with Gasteiger partial charge in [-0.2, -0.15) is 0 Å². The number of amidine groups is 1. The van der Waals surface area contributed by atoms with E-state index in [4.69, 9.17) is 10.9 Å². The summed E-state index contributed by atoms with van der Waals surface area (Å²) < 4.78 is 0. The second-order valence-corrected chi connectivity index (χ2v) is 5.03. The minimum Gasteiger partial charge on any atom is -0.409 e. The number of oxime groups is 1. The second-order valence-electron chi connectivity index (χ2n) is 5.03. The predicted molar refractivity (Wildman–Crippen MR) is 72.0 cm³/mol. The fraction of sp³-hybridized carbons (Fsp3) is 0.538. The van der Waals surface area contributed by atoms with Crippen molar-refractivity contribution in [3.63, 3.8) is 0 Å². The molecule has 18 heavy (non-hydrogen) atoms. The molecule has 2 rings (SSSR count). The molecular weight excluding hydrogens is 228 g/mol. The van der Waals surface area contributed by atoms with Gasteiger partial charge in [-0.05, 0) is 30.9 Å². The minimum atomic E-state index is 0.0529. The van der Waals surface area contributed by atoms with E-state index in [2.05, 4.69) is 28.9 Å². The lowest BCUT2D eigenvalue weighted by Gasteiger charge is -2.29. The van der Waals surface area contributed by atoms with Crippen molar-refractivity contribution < 1.29 is 5.21 Å². The van der Waals surface area contributed by atoms with Crippen LogP contribution in [0.1, 0.15) is 32.4 Å². The van der Waals surface area contributed by atoms with Crippen molar-refractivity contribution in [3.05, 3.63) is 24.0 Å². The van der Waals surface area contributed by atoms with Crippen LogP contribution in [0.5, 0.6) is 0 Å². The first-order valence-electron chi connectivity index (χ1n) is 6.34. The Bertz CT molecular complexity index is 444. The SMILES string of the molecule is CC(C)C1CCCN1c1ccnc(/C(N)=N/O)c1. The Hall–Kier alpha value is -1.78. The van der Waals surface area contributed by atoms with E-state index in [0.717, 1.165) is 12.2 Å². The van der Waals surface area contributed by atoms with Crippen LogP contribution in [0, 0.1) is 5.92 Å². The third kappa shape index (κ3) is 2.39. The molecule has 1 aromatic heterocycles. The standard InChI is InChI=1S/C13H20N4O/c1-9(2)12-4-3-7-17(12)10-5-6-15-11(8-10)13(14)16-18/h5-6,8-9,12,18H,3-4,7H2,1-2H3,(H2,14,16). The Labute approximate surface area is 107 Å². The Morgan fingerprint density at radius 1 is 1.61 bits per heavy atom. The lowest BCUT2D eigenvalue weighted by molar-refractivity contribution is 0.318. The first-order valence-corrected chi connectivity index (χ1v) is 6.34. The van der Waals surface area contributed by atoms with Crippen LogP contribution < -0.4 is 10.6 Å². The predicted octanol–water partition coefficient (Wildman–Crippen LogP) is 1.80. The van der Waals surface area contributed by atoms with Gasteiger partial charge in [0.05, 0.1) is 0 Å². The van der Waals surface area contributed by atoms with E-state index >= 15 is 0 Å². The number of pyridine rings is 1. The molecule has 98 valence electrons. The second kappa shape index (κ2) is 5.25. The normalized spacial score (nSPS) is 20.7. The van der Waals surface area contributed by atoms with Gasteiger partial charge in [-0.3, -0.25) is 4.98 Å². The molecule has 2 heterocycles. The topological polar surface area (TPSA) is 74.7 Å². The van der Waals surface area contributed by atoms with Gasteiger partial charge in [-0.25, -0.2) is 0 Å². The molecule has 1 saturated heterocycles. The number of nitrogens with two attached hydrogens (primary N) is 1. The summed E-state index contributed by atoms with van der Waals surface area (Å²) in [7, 11) is 0. The molecule has 0 aromatic carbocycles. The number of hydrogen-bond acceptors (Lipinski definition) is 4. The highest BCUT2D eigenvalue weighted by Crippen LogP contribution is 2.29. The van der Waals surface area contributed by atoms with E-state index in [-0.39, 0.29) is 5.84 Å². The molecule has 0 saturated carbocycles. The van der Waals surface area contributed by atoms with Gasteiger partial charge in [0, 0.05) is 24.5 Å². The van der Waals surface area contributed by atoms with Crippen molar-refractivity contribution in [1.82, 2.24) is 4.98 Å². The van der Waals surface area contributed by atoms with Crippen LogP contribution in [-0.4, -0.2) is 28.6 Å². The quantitative estimate of drug-likeness (QED) is 0.370. The van der Waals surface area contributed by atoms with Gasteiger partial charge >= 0.3 is 0 Å². The summed E-state index contributed by atoms with van der Waals surface area (Å²) >= 11 is 0. The lowest BCUT2D eigenvalue weighted by Crippen LogP contribution is -2.33. The lowest BCUT2D eigenvalue weighted by atomic mass is 10.0.